The van der Waals surface area contributed by atoms with Gasteiger partial charge in [0.2, 0.25) is 6.04 Å². The molecule has 0 spiro atoms. The molecule has 8 heteroatoms. The molecule has 24 heavy (non-hydrogen) atoms. The van der Waals surface area contributed by atoms with Crippen LogP contribution < -0.4 is 0 Å². The highest BCUT2D eigenvalue weighted by molar-refractivity contribution is 7.93. The summed E-state index contributed by atoms with van der Waals surface area (Å²) in [6.45, 7) is 0. The Morgan fingerprint density at radius 1 is 1.25 bits per heavy atom. The minimum absolute atomic E-state index is 0.114. The van der Waals surface area contributed by atoms with Crippen molar-refractivity contribution in [3.05, 3.63) is 54.6 Å². The maximum Gasteiger partial charge on any atom is 0.208 e. The minimum Gasteiger partial charge on any atom is -0.499 e. The van der Waals surface area contributed by atoms with E-state index >= 15 is 0 Å². The first kappa shape index (κ1) is 17.9. The number of hydrogen-bond donors (Lipinski definition) is 0. The van der Waals surface area contributed by atoms with Crippen LogP contribution in [0.4, 0.5) is 0 Å². The van der Waals surface area contributed by atoms with Crippen molar-refractivity contribution in [3.8, 4) is 12.1 Å². The first-order valence-corrected chi connectivity index (χ1v) is 8.87. The largest absolute Gasteiger partial charge is 0.499 e. The molecule has 0 N–H and O–H groups in total. The fourth-order valence-electron chi connectivity index (χ4n) is 2.22. The fraction of sp³-hybridized carbons (Fsp3) is 0.250. The summed E-state index contributed by atoms with van der Waals surface area (Å²) in [7, 11) is -2.41. The van der Waals surface area contributed by atoms with Gasteiger partial charge in [-0.3, -0.25) is 0 Å². The number of benzene rings is 1. The summed E-state index contributed by atoms with van der Waals surface area (Å²) in [5.41, 5.74) is 0. The van der Waals surface area contributed by atoms with Crippen molar-refractivity contribution >= 4 is 21.4 Å². The lowest BCUT2D eigenvalue weighted by Crippen LogP contribution is -2.32. The third-order valence-electron chi connectivity index (χ3n) is 3.50. The van der Waals surface area contributed by atoms with E-state index in [0.717, 1.165) is 0 Å². The fourth-order valence-corrected chi connectivity index (χ4v) is 4.15. The molecule has 1 aliphatic heterocycles. The second kappa shape index (κ2) is 7.39. The normalized spacial score (nSPS) is 18.5. The molecule has 0 aromatic heterocycles. The van der Waals surface area contributed by atoms with Crippen molar-refractivity contribution in [1.82, 2.24) is 4.90 Å². The monoisotopic (exact) mass is 363 g/mol. The van der Waals surface area contributed by atoms with Gasteiger partial charge in [-0.05, 0) is 12.1 Å². The summed E-state index contributed by atoms with van der Waals surface area (Å²) in [5.74, 6) is -0.483. The first-order valence-electron chi connectivity index (χ1n) is 6.89. The van der Waals surface area contributed by atoms with Gasteiger partial charge in [-0.15, -0.1) is 11.6 Å². The average Bonchev–Trinajstić information content (AvgIpc) is 2.62. The Morgan fingerprint density at radius 2 is 1.88 bits per heavy atom. The Labute approximate surface area is 145 Å². The van der Waals surface area contributed by atoms with E-state index in [1.54, 1.807) is 18.2 Å². The van der Waals surface area contributed by atoms with Crippen LogP contribution in [0.5, 0.6) is 0 Å². The number of ether oxygens (including phenoxy) is 1. The summed E-state index contributed by atoms with van der Waals surface area (Å²) < 4.78 is 29.2. The number of sulfone groups is 1. The molecule has 6 nitrogen and oxygen atoms in total. The van der Waals surface area contributed by atoms with Crippen molar-refractivity contribution in [2.75, 3.05) is 7.11 Å². The van der Waals surface area contributed by atoms with Crippen LogP contribution in [-0.2, 0) is 14.6 Å². The molecule has 0 radical (unpaired) electrons. The van der Waals surface area contributed by atoms with Gasteiger partial charge in [0.1, 0.15) is 17.9 Å². The van der Waals surface area contributed by atoms with E-state index in [1.807, 2.05) is 12.1 Å². The molecule has 0 aliphatic carbocycles. The van der Waals surface area contributed by atoms with Crippen LogP contribution >= 0.6 is 11.6 Å². The molecular weight excluding hydrogens is 350 g/mol. The zero-order chi connectivity index (χ0) is 17.7. The van der Waals surface area contributed by atoms with E-state index in [4.69, 9.17) is 26.9 Å². The quantitative estimate of drug-likeness (QED) is 0.745. The van der Waals surface area contributed by atoms with E-state index in [9.17, 15) is 8.42 Å². The lowest BCUT2D eigenvalue weighted by atomic mass is 10.1. The Hall–Kier alpha value is -2.48. The van der Waals surface area contributed by atoms with E-state index < -0.39 is 26.5 Å². The molecule has 1 aromatic rings. The topological polar surface area (TPSA) is 94.2 Å². The number of nitrogens with zero attached hydrogens (tertiary/aromatic N) is 3. The highest BCUT2D eigenvalue weighted by Gasteiger charge is 2.36. The molecule has 0 bridgehead atoms. The number of rotatable bonds is 5. The summed E-state index contributed by atoms with van der Waals surface area (Å²) in [5, 5.41) is 17.9. The van der Waals surface area contributed by atoms with E-state index in [1.165, 1.54) is 42.6 Å². The first-order chi connectivity index (χ1) is 11.5. The highest BCUT2D eigenvalue weighted by atomic mass is 35.5. The molecular formula is C16H14ClN3O3S. The molecule has 124 valence electrons. The molecule has 0 saturated heterocycles. The number of nitriles is 2. The van der Waals surface area contributed by atoms with Crippen LogP contribution in [0.1, 0.15) is 0 Å². The number of methoxy groups -OCH3 is 1. The predicted molar refractivity (Wildman–Crippen MR) is 87.8 cm³/mol. The van der Waals surface area contributed by atoms with Gasteiger partial charge in [-0.25, -0.2) is 8.42 Å². The zero-order valence-corrected chi connectivity index (χ0v) is 14.3. The minimum atomic E-state index is -3.79. The number of hydrogen-bond acceptors (Lipinski definition) is 6. The highest BCUT2D eigenvalue weighted by Crippen LogP contribution is 2.33. The van der Waals surface area contributed by atoms with Crippen molar-refractivity contribution in [2.24, 2.45) is 5.92 Å². The van der Waals surface area contributed by atoms with Crippen LogP contribution in [0.3, 0.4) is 0 Å². The van der Waals surface area contributed by atoms with E-state index in [0.29, 0.717) is 0 Å². The molecule has 2 rings (SSSR count). The lowest BCUT2D eigenvalue weighted by molar-refractivity contribution is 0.242. The molecule has 0 saturated carbocycles. The standard InChI is InChI=1S/C16H14ClN3O3S/c1-23-15-11-20(12(9-18)10-19)8-7-14(15)16(17)24(21,22)13-5-3-2-4-6-13/h2-8,11-12,14,16H,1H3. The summed E-state index contributed by atoms with van der Waals surface area (Å²) in [4.78, 5) is 1.46. The second-order valence-electron chi connectivity index (χ2n) is 4.92. The van der Waals surface area contributed by atoms with Gasteiger partial charge in [0.25, 0.3) is 0 Å². The summed E-state index contributed by atoms with van der Waals surface area (Å²) in [6, 6.07) is 10.5. The molecule has 2 atom stereocenters. The molecule has 0 fully saturated rings. The van der Waals surface area contributed by atoms with Crippen LogP contribution in [0, 0.1) is 28.6 Å². The maximum absolute atomic E-state index is 12.7. The van der Waals surface area contributed by atoms with Gasteiger partial charge in [0.05, 0.1) is 17.9 Å². The lowest BCUT2D eigenvalue weighted by Gasteiger charge is -2.28. The Balaban J connectivity index is 2.33. The summed E-state index contributed by atoms with van der Waals surface area (Å²) in [6.07, 6.45) is 4.39. The molecule has 1 aromatic carbocycles. The number of alkyl halides is 1. The Bertz CT molecular complexity index is 824. The predicted octanol–water partition coefficient (Wildman–Crippen LogP) is 2.37. The second-order valence-corrected chi connectivity index (χ2v) is 7.72. The smallest absolute Gasteiger partial charge is 0.208 e. The van der Waals surface area contributed by atoms with Crippen molar-refractivity contribution < 1.29 is 13.2 Å². The number of allylic oxidation sites excluding steroid dienone is 1. The average molecular weight is 364 g/mol. The SMILES string of the molecule is COC1=CN(C(C#N)C#N)C=CC1C(Cl)S(=O)(=O)c1ccccc1. The third-order valence-corrected chi connectivity index (χ3v) is 6.29. The van der Waals surface area contributed by atoms with Gasteiger partial charge in [-0.1, -0.05) is 24.3 Å². The molecule has 2 unspecified atom stereocenters. The van der Waals surface area contributed by atoms with Gasteiger partial charge >= 0.3 is 0 Å². The van der Waals surface area contributed by atoms with Gasteiger partial charge in [0.15, 0.2) is 14.5 Å². The van der Waals surface area contributed by atoms with Crippen LogP contribution in [0.15, 0.2) is 59.5 Å². The van der Waals surface area contributed by atoms with Crippen LogP contribution in [-0.4, -0.2) is 31.2 Å². The molecule has 0 amide bonds. The Kier molecular flexibility index (Phi) is 5.50. The molecule has 1 aliphatic rings. The van der Waals surface area contributed by atoms with Crippen molar-refractivity contribution in [2.45, 2.75) is 15.6 Å². The van der Waals surface area contributed by atoms with Crippen LogP contribution in [0.25, 0.3) is 0 Å². The van der Waals surface area contributed by atoms with Crippen molar-refractivity contribution in [1.29, 1.82) is 10.5 Å². The molecule has 1 heterocycles. The third kappa shape index (κ3) is 3.38. The van der Waals surface area contributed by atoms with Gasteiger partial charge in [0, 0.05) is 12.4 Å². The maximum atomic E-state index is 12.7. The van der Waals surface area contributed by atoms with E-state index in [-0.39, 0.29) is 10.7 Å². The van der Waals surface area contributed by atoms with Gasteiger partial charge in [-0.2, -0.15) is 10.5 Å². The zero-order valence-electron chi connectivity index (χ0n) is 12.7. The summed E-state index contributed by atoms with van der Waals surface area (Å²) >= 11 is 6.25. The van der Waals surface area contributed by atoms with Gasteiger partial charge < -0.3 is 9.64 Å². The number of halogens is 1. The van der Waals surface area contributed by atoms with E-state index in [2.05, 4.69) is 0 Å². The Morgan fingerprint density at radius 3 is 2.42 bits per heavy atom. The van der Waals surface area contributed by atoms with Crippen LogP contribution in [0.2, 0.25) is 0 Å². The van der Waals surface area contributed by atoms with Crippen molar-refractivity contribution in [3.63, 3.8) is 0 Å².